The number of rotatable bonds is 5. The summed E-state index contributed by atoms with van der Waals surface area (Å²) in [6, 6.07) is 12.5. The molecule has 2 heterocycles. The number of nitrogens with zero attached hydrogens (tertiary/aromatic N) is 2. The van der Waals surface area contributed by atoms with Crippen molar-refractivity contribution in [3.63, 3.8) is 0 Å². The molecule has 29 heavy (non-hydrogen) atoms. The Morgan fingerprint density at radius 3 is 2.62 bits per heavy atom. The molecule has 0 bridgehead atoms. The van der Waals surface area contributed by atoms with Crippen molar-refractivity contribution >= 4 is 50.4 Å². The van der Waals surface area contributed by atoms with Gasteiger partial charge in [-0.05, 0) is 41.1 Å². The van der Waals surface area contributed by atoms with Crippen molar-refractivity contribution in [2.75, 3.05) is 5.73 Å². The molecule has 0 spiro atoms. The van der Waals surface area contributed by atoms with Crippen LogP contribution < -0.4 is 11.5 Å². The number of benzene rings is 2. The lowest BCUT2D eigenvalue weighted by Crippen LogP contribution is -2.26. The highest BCUT2D eigenvalue weighted by Gasteiger charge is 2.16. The molecular formula is C21H17Cl2FN4S. The summed E-state index contributed by atoms with van der Waals surface area (Å²) < 4.78 is 13.5. The van der Waals surface area contributed by atoms with Crippen molar-refractivity contribution < 1.29 is 4.39 Å². The predicted molar refractivity (Wildman–Crippen MR) is 119 cm³/mol. The van der Waals surface area contributed by atoms with Gasteiger partial charge in [-0.15, -0.1) is 0 Å². The molecule has 0 saturated heterocycles. The molecule has 0 aliphatic heterocycles. The van der Waals surface area contributed by atoms with Gasteiger partial charge in [-0.25, -0.2) is 9.97 Å². The van der Waals surface area contributed by atoms with Crippen LogP contribution in [-0.4, -0.2) is 16.0 Å². The van der Waals surface area contributed by atoms with Crippen LogP contribution >= 0.6 is 34.5 Å². The van der Waals surface area contributed by atoms with Crippen molar-refractivity contribution in [2.24, 2.45) is 5.73 Å². The molecule has 0 unspecified atom stereocenters. The first kappa shape index (κ1) is 20.0. The van der Waals surface area contributed by atoms with Crippen molar-refractivity contribution in [1.29, 1.82) is 0 Å². The van der Waals surface area contributed by atoms with Crippen molar-refractivity contribution in [1.82, 2.24) is 9.97 Å². The van der Waals surface area contributed by atoms with E-state index in [1.54, 1.807) is 6.07 Å². The summed E-state index contributed by atoms with van der Waals surface area (Å²) in [4.78, 5) is 9.11. The van der Waals surface area contributed by atoms with Gasteiger partial charge in [0.2, 0.25) is 5.95 Å². The van der Waals surface area contributed by atoms with Crippen LogP contribution in [0.4, 0.5) is 9.52 Å². The van der Waals surface area contributed by atoms with E-state index in [1.165, 1.54) is 23.6 Å². The second-order valence-corrected chi connectivity index (χ2v) is 8.66. The molecule has 4 nitrogen and oxygen atoms in total. The molecule has 0 amide bonds. The minimum atomic E-state index is -0.512. The maximum atomic E-state index is 13.5. The number of thiazole rings is 1. The Labute approximate surface area is 181 Å². The average Bonchev–Trinajstić information content (AvgIpc) is 3.04. The normalized spacial score (nSPS) is 12.4. The minimum absolute atomic E-state index is 0.172. The molecular weight excluding hydrogens is 430 g/mol. The SMILES string of the molecule is Nc1nc(C[C@@H](N)Cc2ccc(Cl)c(Cl)c2)c(-c2ccc3cnc(F)cc3c2)s1. The van der Waals surface area contributed by atoms with Gasteiger partial charge in [0.1, 0.15) is 0 Å². The first-order valence-electron chi connectivity index (χ1n) is 8.89. The Bertz CT molecular complexity index is 1190. The van der Waals surface area contributed by atoms with Gasteiger partial charge in [0.25, 0.3) is 0 Å². The molecule has 0 aliphatic carbocycles. The van der Waals surface area contributed by atoms with Gasteiger partial charge < -0.3 is 11.5 Å². The summed E-state index contributed by atoms with van der Waals surface area (Å²) in [6.45, 7) is 0. The topological polar surface area (TPSA) is 77.8 Å². The van der Waals surface area contributed by atoms with Crippen LogP contribution in [0, 0.1) is 5.95 Å². The largest absolute Gasteiger partial charge is 0.375 e. The van der Waals surface area contributed by atoms with Crippen molar-refractivity contribution in [3.05, 3.63) is 75.9 Å². The van der Waals surface area contributed by atoms with Crippen molar-refractivity contribution in [2.45, 2.75) is 18.9 Å². The van der Waals surface area contributed by atoms with E-state index in [1.807, 2.05) is 30.3 Å². The maximum Gasteiger partial charge on any atom is 0.213 e. The molecule has 0 radical (unpaired) electrons. The van der Waals surface area contributed by atoms with Crippen LogP contribution in [-0.2, 0) is 12.8 Å². The number of hydrogen-bond donors (Lipinski definition) is 2. The van der Waals surface area contributed by atoms with Gasteiger partial charge in [-0.3, -0.25) is 0 Å². The van der Waals surface area contributed by atoms with E-state index < -0.39 is 5.95 Å². The number of pyridine rings is 1. The fourth-order valence-corrected chi connectivity index (χ4v) is 4.46. The van der Waals surface area contributed by atoms with E-state index in [4.69, 9.17) is 34.7 Å². The summed E-state index contributed by atoms with van der Waals surface area (Å²) in [5.74, 6) is -0.512. The molecule has 2 aromatic carbocycles. The molecule has 8 heteroatoms. The van der Waals surface area contributed by atoms with Gasteiger partial charge in [0.05, 0.1) is 20.6 Å². The van der Waals surface area contributed by atoms with E-state index >= 15 is 0 Å². The summed E-state index contributed by atoms with van der Waals surface area (Å²) in [5, 5.41) is 3.13. The lowest BCUT2D eigenvalue weighted by molar-refractivity contribution is 0.586. The third-order valence-corrected chi connectivity index (χ3v) is 6.32. The molecule has 1 atom stereocenters. The number of aromatic nitrogens is 2. The van der Waals surface area contributed by atoms with Crippen molar-refractivity contribution in [3.8, 4) is 10.4 Å². The monoisotopic (exact) mass is 446 g/mol. The molecule has 4 rings (SSSR count). The van der Waals surface area contributed by atoms with E-state index in [0.717, 1.165) is 32.5 Å². The number of fused-ring (bicyclic) bond motifs is 1. The molecule has 4 aromatic rings. The zero-order chi connectivity index (χ0) is 20.5. The van der Waals surface area contributed by atoms with Gasteiger partial charge >= 0.3 is 0 Å². The molecule has 148 valence electrons. The summed E-state index contributed by atoms with van der Waals surface area (Å²) in [7, 11) is 0. The van der Waals surface area contributed by atoms with Gasteiger partial charge in [-0.2, -0.15) is 4.39 Å². The third-order valence-electron chi connectivity index (χ3n) is 4.60. The standard InChI is InChI=1S/C21H17Cl2FN4S/c22-16-4-1-11(6-17(16)23)5-15(25)9-18-20(29-21(26)28-18)12-2-3-13-10-27-19(24)8-14(13)7-12/h1-4,6-8,10,15H,5,9,25H2,(H2,26,28)/t15-/m0/s1. The molecule has 2 aromatic heterocycles. The number of anilines is 1. The van der Waals surface area contributed by atoms with E-state index in [9.17, 15) is 4.39 Å². The average molecular weight is 447 g/mol. The summed E-state index contributed by atoms with van der Waals surface area (Å²) in [6.07, 6.45) is 2.69. The van der Waals surface area contributed by atoms with Gasteiger partial charge in [0.15, 0.2) is 5.13 Å². The van der Waals surface area contributed by atoms with Gasteiger partial charge in [-0.1, -0.05) is 52.7 Å². The van der Waals surface area contributed by atoms with Crippen LogP contribution in [0.5, 0.6) is 0 Å². The first-order valence-corrected chi connectivity index (χ1v) is 10.5. The first-order chi connectivity index (χ1) is 13.9. The zero-order valence-corrected chi connectivity index (χ0v) is 17.5. The van der Waals surface area contributed by atoms with Crippen LogP contribution in [0.25, 0.3) is 21.2 Å². The van der Waals surface area contributed by atoms with E-state index in [-0.39, 0.29) is 6.04 Å². The molecule has 4 N–H and O–H groups in total. The number of halogens is 3. The smallest absolute Gasteiger partial charge is 0.213 e. The Balaban J connectivity index is 1.60. The summed E-state index contributed by atoms with van der Waals surface area (Å²) in [5.41, 5.74) is 15.1. The lowest BCUT2D eigenvalue weighted by atomic mass is 10.00. The molecule has 0 saturated carbocycles. The highest BCUT2D eigenvalue weighted by atomic mass is 35.5. The van der Waals surface area contributed by atoms with Crippen LogP contribution in [0.2, 0.25) is 10.0 Å². The maximum absolute atomic E-state index is 13.5. The van der Waals surface area contributed by atoms with Gasteiger partial charge in [0, 0.05) is 30.1 Å². The highest BCUT2D eigenvalue weighted by Crippen LogP contribution is 2.34. The highest BCUT2D eigenvalue weighted by molar-refractivity contribution is 7.18. The summed E-state index contributed by atoms with van der Waals surface area (Å²) >= 11 is 13.5. The minimum Gasteiger partial charge on any atom is -0.375 e. The Morgan fingerprint density at radius 1 is 1.00 bits per heavy atom. The quantitative estimate of drug-likeness (QED) is 0.396. The number of hydrogen-bond acceptors (Lipinski definition) is 5. The second-order valence-electron chi connectivity index (χ2n) is 6.81. The zero-order valence-electron chi connectivity index (χ0n) is 15.2. The Hall–Kier alpha value is -2.25. The predicted octanol–water partition coefficient (Wildman–Crippen LogP) is 5.50. The van der Waals surface area contributed by atoms with E-state index in [2.05, 4.69) is 9.97 Å². The lowest BCUT2D eigenvalue weighted by Gasteiger charge is -2.12. The number of nitrogens with two attached hydrogens (primary N) is 2. The van der Waals surface area contributed by atoms with E-state index in [0.29, 0.717) is 28.0 Å². The Kier molecular flexibility index (Phi) is 5.69. The van der Waals surface area contributed by atoms with Crippen LogP contribution in [0.1, 0.15) is 11.3 Å². The fourth-order valence-electron chi connectivity index (χ4n) is 3.28. The second kappa shape index (κ2) is 8.24. The van der Waals surface area contributed by atoms with Crippen LogP contribution in [0.15, 0.2) is 48.7 Å². The molecule has 0 fully saturated rings. The fraction of sp³-hybridized carbons (Fsp3) is 0.143. The Morgan fingerprint density at radius 2 is 1.83 bits per heavy atom. The number of nitrogen functional groups attached to an aromatic ring is 1. The molecule has 0 aliphatic rings. The van der Waals surface area contributed by atoms with Crippen LogP contribution in [0.3, 0.4) is 0 Å². The third kappa shape index (κ3) is 4.51.